The van der Waals surface area contributed by atoms with E-state index in [0.717, 1.165) is 78.0 Å². The minimum atomic E-state index is -0.00197. The van der Waals surface area contributed by atoms with Gasteiger partial charge in [-0.25, -0.2) is 9.97 Å². The van der Waals surface area contributed by atoms with Crippen LogP contribution in [-0.2, 0) is 0 Å². The third-order valence-electron chi connectivity index (χ3n) is 11.0. The van der Waals surface area contributed by atoms with Gasteiger partial charge in [-0.3, -0.25) is 0 Å². The van der Waals surface area contributed by atoms with E-state index in [4.69, 9.17) is 18.8 Å². The van der Waals surface area contributed by atoms with Crippen LogP contribution in [0, 0.1) is 27.7 Å². The summed E-state index contributed by atoms with van der Waals surface area (Å²) < 4.78 is 13.2. The lowest BCUT2D eigenvalue weighted by Gasteiger charge is -2.37. The number of fused-ring (bicyclic) bond motifs is 8. The van der Waals surface area contributed by atoms with Gasteiger partial charge in [-0.1, -0.05) is 48.5 Å². The zero-order valence-corrected chi connectivity index (χ0v) is 29.6. The maximum absolute atomic E-state index is 6.59. The predicted molar refractivity (Wildman–Crippen MR) is 208 cm³/mol. The topological polar surface area (TPSA) is 65.0 Å². The van der Waals surface area contributed by atoms with Crippen LogP contribution in [0.15, 0.2) is 106 Å². The van der Waals surface area contributed by atoms with Crippen molar-refractivity contribution in [2.24, 2.45) is 0 Å². The third kappa shape index (κ3) is 4.19. The summed E-state index contributed by atoms with van der Waals surface area (Å²) in [7, 11) is 0. The van der Waals surface area contributed by atoms with E-state index in [1.807, 2.05) is 13.8 Å². The van der Waals surface area contributed by atoms with E-state index in [9.17, 15) is 0 Å². The lowest BCUT2D eigenvalue weighted by Crippen LogP contribution is -2.49. The Labute approximate surface area is 296 Å². The second-order valence-corrected chi connectivity index (χ2v) is 14.1. The van der Waals surface area contributed by atoms with Crippen molar-refractivity contribution in [3.63, 3.8) is 0 Å². The Morgan fingerprint density at radius 1 is 0.490 bits per heavy atom. The highest BCUT2D eigenvalue weighted by Gasteiger charge is 2.41. The highest BCUT2D eigenvalue weighted by atomic mass is 16.3. The first kappa shape index (κ1) is 29.9. The van der Waals surface area contributed by atoms with E-state index in [0.29, 0.717) is 18.1 Å². The molecule has 2 atom stereocenters. The van der Waals surface area contributed by atoms with E-state index in [-0.39, 0.29) is 12.3 Å². The van der Waals surface area contributed by atoms with Gasteiger partial charge < -0.3 is 28.4 Å². The molecule has 0 saturated heterocycles. The van der Waals surface area contributed by atoms with Crippen molar-refractivity contribution in [2.45, 2.75) is 53.9 Å². The maximum Gasteiger partial charge on any atom is 0.227 e. The first-order valence-corrected chi connectivity index (χ1v) is 17.7. The Bertz CT molecular complexity index is 2520. The molecule has 4 aromatic carbocycles. The summed E-state index contributed by atoms with van der Waals surface area (Å²) >= 11 is 0. The zero-order chi connectivity index (χ0) is 34.7. The molecule has 0 radical (unpaired) electrons. The molecule has 0 aliphatic carbocycles. The van der Waals surface area contributed by atoms with E-state index >= 15 is 0 Å². The highest BCUT2D eigenvalue weighted by molar-refractivity contribution is 6.11. The molecule has 51 heavy (non-hydrogen) atoms. The van der Waals surface area contributed by atoms with Crippen molar-refractivity contribution in [1.29, 1.82) is 0 Å². The number of aryl methyl sites for hydroxylation is 4. The molecular formula is C43H38N6O2. The van der Waals surface area contributed by atoms with Gasteiger partial charge in [0.05, 0.1) is 40.8 Å². The molecule has 2 aliphatic rings. The Morgan fingerprint density at radius 2 is 0.882 bits per heavy atom. The number of benzene rings is 4. The van der Waals surface area contributed by atoms with Gasteiger partial charge >= 0.3 is 0 Å². The van der Waals surface area contributed by atoms with Crippen LogP contribution in [0.1, 0.15) is 36.4 Å². The van der Waals surface area contributed by atoms with Gasteiger partial charge in [0.15, 0.2) is 11.2 Å². The molecule has 6 heterocycles. The standard InChI is InChI=1S/C43H38N6O2/c1-24-15-19-30-32-21-17-26(3)44-42(32)50-40(30)38(24)48-28(5)46(34-11-7-9-13-36(34)48)23-47-29(6)49(37-14-10-8-12-35(37)47)39-25(2)16-20-31-33-22-18-27(4)45-43(33)51-41(31)39/h7-22,28-29H,23H2,1-6H3/t28-,29+. The van der Waals surface area contributed by atoms with Crippen LogP contribution in [0.25, 0.3) is 44.1 Å². The number of rotatable bonds is 4. The molecular weight excluding hydrogens is 633 g/mol. The van der Waals surface area contributed by atoms with E-state index in [1.54, 1.807) is 0 Å². The molecule has 0 unspecified atom stereocenters. The first-order valence-electron chi connectivity index (χ1n) is 17.7. The molecule has 8 heteroatoms. The second kappa shape index (κ2) is 10.7. The molecule has 0 spiro atoms. The molecule has 8 nitrogen and oxygen atoms in total. The van der Waals surface area contributed by atoms with Gasteiger partial charge in [-0.15, -0.1) is 0 Å². The van der Waals surface area contributed by atoms with Crippen molar-refractivity contribution in [3.05, 3.63) is 120 Å². The van der Waals surface area contributed by atoms with Crippen LogP contribution in [0.3, 0.4) is 0 Å². The smallest absolute Gasteiger partial charge is 0.227 e. The summed E-state index contributed by atoms with van der Waals surface area (Å²) in [5.41, 5.74) is 14.2. The minimum Gasteiger partial charge on any atom is -0.435 e. The van der Waals surface area contributed by atoms with Gasteiger partial charge in [-0.05, 0) is 101 Å². The van der Waals surface area contributed by atoms with Crippen LogP contribution in [0.2, 0.25) is 0 Å². The Balaban J connectivity index is 1.08. The number of nitrogens with zero attached hydrogens (tertiary/aromatic N) is 6. The maximum atomic E-state index is 6.59. The summed E-state index contributed by atoms with van der Waals surface area (Å²) in [5, 5.41) is 4.24. The van der Waals surface area contributed by atoms with Crippen LogP contribution in [0.4, 0.5) is 34.1 Å². The number of aromatic nitrogens is 2. The van der Waals surface area contributed by atoms with E-state index < -0.39 is 0 Å². The molecule has 0 saturated carbocycles. The summed E-state index contributed by atoms with van der Waals surface area (Å²) in [6.45, 7) is 13.6. The molecule has 0 amide bonds. The van der Waals surface area contributed by atoms with Crippen molar-refractivity contribution in [3.8, 4) is 0 Å². The lowest BCUT2D eigenvalue weighted by atomic mass is 10.1. The average molecular weight is 671 g/mol. The average Bonchev–Trinajstić information content (AvgIpc) is 3.83. The monoisotopic (exact) mass is 670 g/mol. The number of anilines is 6. The van der Waals surface area contributed by atoms with Crippen LogP contribution in [0.5, 0.6) is 0 Å². The normalized spacial score (nSPS) is 17.1. The van der Waals surface area contributed by atoms with E-state index in [2.05, 4.69) is 144 Å². The largest absolute Gasteiger partial charge is 0.435 e. The fourth-order valence-corrected chi connectivity index (χ4v) is 8.47. The molecule has 8 aromatic rings. The van der Waals surface area contributed by atoms with Crippen LogP contribution in [-0.4, -0.2) is 29.0 Å². The summed E-state index contributed by atoms with van der Waals surface area (Å²) in [5.74, 6) is 0. The van der Waals surface area contributed by atoms with Gasteiger partial charge in [0.25, 0.3) is 0 Å². The fourth-order valence-electron chi connectivity index (χ4n) is 8.47. The predicted octanol–water partition coefficient (Wildman–Crippen LogP) is 10.8. The molecule has 252 valence electrons. The molecule has 10 rings (SSSR count). The molecule has 0 bridgehead atoms. The summed E-state index contributed by atoms with van der Waals surface area (Å²) in [6, 6.07) is 34.6. The second-order valence-electron chi connectivity index (χ2n) is 14.1. The van der Waals surface area contributed by atoms with Crippen LogP contribution < -0.4 is 19.6 Å². The van der Waals surface area contributed by atoms with E-state index in [1.165, 1.54) is 11.4 Å². The summed E-state index contributed by atoms with van der Waals surface area (Å²) in [6.07, 6.45) is -0.00394. The van der Waals surface area contributed by atoms with Crippen molar-refractivity contribution >= 4 is 78.3 Å². The lowest BCUT2D eigenvalue weighted by molar-refractivity contribution is 0.601. The van der Waals surface area contributed by atoms with Gasteiger partial charge in [0, 0.05) is 32.9 Å². The molecule has 0 N–H and O–H groups in total. The van der Waals surface area contributed by atoms with Crippen molar-refractivity contribution in [2.75, 3.05) is 26.3 Å². The SMILES string of the molecule is Cc1ccc2c(n1)oc1c(N3c4ccccc4N(CN4c5ccccc5N(c5c(C)ccc6c5oc5nc(C)ccc56)[C@H]4C)[C@H]3C)c(C)ccc12. The van der Waals surface area contributed by atoms with Crippen LogP contribution >= 0.6 is 0 Å². The Kier molecular flexibility index (Phi) is 6.29. The molecule has 0 fully saturated rings. The van der Waals surface area contributed by atoms with Crippen molar-refractivity contribution < 1.29 is 8.83 Å². The quantitative estimate of drug-likeness (QED) is 0.183. The number of hydrogen-bond donors (Lipinski definition) is 0. The number of pyridine rings is 2. The molecule has 2 aliphatic heterocycles. The zero-order valence-electron chi connectivity index (χ0n) is 29.6. The van der Waals surface area contributed by atoms with Gasteiger partial charge in [0.1, 0.15) is 12.3 Å². The molecule has 4 aromatic heterocycles. The number of hydrogen-bond acceptors (Lipinski definition) is 8. The Morgan fingerprint density at radius 3 is 1.31 bits per heavy atom. The Hall–Kier alpha value is -6.02. The number of para-hydroxylation sites is 4. The number of furan rings is 2. The minimum absolute atomic E-state index is 0.00197. The highest BCUT2D eigenvalue weighted by Crippen LogP contribution is 2.52. The summed E-state index contributed by atoms with van der Waals surface area (Å²) in [4.78, 5) is 19.4. The van der Waals surface area contributed by atoms with Gasteiger partial charge in [0.2, 0.25) is 11.4 Å². The fraction of sp³-hybridized carbons (Fsp3) is 0.209. The van der Waals surface area contributed by atoms with Crippen molar-refractivity contribution in [1.82, 2.24) is 9.97 Å². The third-order valence-corrected chi connectivity index (χ3v) is 11.0. The van der Waals surface area contributed by atoms with Gasteiger partial charge in [-0.2, -0.15) is 0 Å². The first-order chi connectivity index (χ1) is 24.8.